The van der Waals surface area contributed by atoms with E-state index in [1.54, 1.807) is 12.1 Å². The number of nitrogens with one attached hydrogen (secondary N) is 2. The summed E-state index contributed by atoms with van der Waals surface area (Å²) in [4.78, 5) is 11.3. The van der Waals surface area contributed by atoms with Crippen molar-refractivity contribution in [2.45, 2.75) is 6.92 Å². The lowest BCUT2D eigenvalue weighted by atomic mass is 10.1. The fraction of sp³-hybridized carbons (Fsp3) is 0.167. The molecular formula is C12H14N2OS. The molecule has 0 aliphatic rings. The predicted molar refractivity (Wildman–Crippen MR) is 70.9 cm³/mol. The van der Waals surface area contributed by atoms with E-state index in [0.717, 1.165) is 5.69 Å². The van der Waals surface area contributed by atoms with Crippen LogP contribution in [0.25, 0.3) is 0 Å². The highest BCUT2D eigenvalue weighted by atomic mass is 32.1. The molecule has 84 valence electrons. The van der Waals surface area contributed by atoms with Gasteiger partial charge in [-0.3, -0.25) is 4.79 Å². The maximum atomic E-state index is 11.3. The van der Waals surface area contributed by atoms with E-state index in [4.69, 9.17) is 12.2 Å². The SMILES string of the molecule is C=CCNC(=S)Nc1ccccc1C(C)=O. The summed E-state index contributed by atoms with van der Waals surface area (Å²) in [6.07, 6.45) is 1.71. The molecule has 0 atom stereocenters. The number of para-hydroxylation sites is 1. The van der Waals surface area contributed by atoms with Gasteiger partial charge in [-0.15, -0.1) is 6.58 Å². The van der Waals surface area contributed by atoms with Crippen molar-refractivity contribution in [1.82, 2.24) is 5.32 Å². The van der Waals surface area contributed by atoms with E-state index in [1.165, 1.54) is 6.92 Å². The molecule has 4 heteroatoms. The first-order valence-electron chi connectivity index (χ1n) is 4.91. The van der Waals surface area contributed by atoms with Crippen LogP contribution in [0.4, 0.5) is 5.69 Å². The summed E-state index contributed by atoms with van der Waals surface area (Å²) in [5.41, 5.74) is 1.35. The Bertz CT molecular complexity index is 415. The van der Waals surface area contributed by atoms with Crippen molar-refractivity contribution >= 4 is 28.8 Å². The molecule has 3 nitrogen and oxygen atoms in total. The molecule has 16 heavy (non-hydrogen) atoms. The molecule has 0 aromatic heterocycles. The summed E-state index contributed by atoms with van der Waals surface area (Å²) in [6, 6.07) is 7.26. The number of carbonyl (C=O) groups is 1. The Balaban J connectivity index is 2.76. The maximum Gasteiger partial charge on any atom is 0.171 e. The second-order valence-electron chi connectivity index (χ2n) is 3.23. The van der Waals surface area contributed by atoms with Crippen molar-refractivity contribution in [2.24, 2.45) is 0 Å². The molecule has 1 aromatic rings. The van der Waals surface area contributed by atoms with Crippen LogP contribution in [0, 0.1) is 0 Å². The summed E-state index contributed by atoms with van der Waals surface area (Å²) in [5.74, 6) is 0.00891. The molecule has 0 heterocycles. The van der Waals surface area contributed by atoms with Crippen LogP contribution in [0.1, 0.15) is 17.3 Å². The summed E-state index contributed by atoms with van der Waals surface area (Å²) >= 11 is 5.07. The number of ketones is 1. The molecule has 1 aromatic carbocycles. The van der Waals surface area contributed by atoms with Gasteiger partial charge in [-0.1, -0.05) is 18.2 Å². The number of carbonyl (C=O) groups excluding carboxylic acids is 1. The zero-order chi connectivity index (χ0) is 12.0. The Morgan fingerprint density at radius 3 is 2.81 bits per heavy atom. The molecular weight excluding hydrogens is 220 g/mol. The molecule has 0 unspecified atom stereocenters. The number of hydrogen-bond donors (Lipinski definition) is 2. The van der Waals surface area contributed by atoms with Gasteiger partial charge in [0.2, 0.25) is 0 Å². The summed E-state index contributed by atoms with van der Waals surface area (Å²) in [5, 5.41) is 6.40. The highest BCUT2D eigenvalue weighted by Gasteiger charge is 2.06. The van der Waals surface area contributed by atoms with Gasteiger partial charge < -0.3 is 10.6 Å². The quantitative estimate of drug-likeness (QED) is 0.477. The molecule has 0 aliphatic heterocycles. The van der Waals surface area contributed by atoms with Gasteiger partial charge in [0.05, 0.1) is 5.69 Å². The second-order valence-corrected chi connectivity index (χ2v) is 3.63. The number of Topliss-reactive ketones (excluding diaryl/α,β-unsaturated/α-hetero) is 1. The molecule has 2 N–H and O–H groups in total. The van der Waals surface area contributed by atoms with Gasteiger partial charge in [0, 0.05) is 12.1 Å². The highest BCUT2D eigenvalue weighted by Crippen LogP contribution is 2.15. The summed E-state index contributed by atoms with van der Waals surface area (Å²) in [6.45, 7) is 5.70. The van der Waals surface area contributed by atoms with Gasteiger partial charge in [-0.25, -0.2) is 0 Å². The third kappa shape index (κ3) is 3.47. The van der Waals surface area contributed by atoms with E-state index < -0.39 is 0 Å². The zero-order valence-corrected chi connectivity index (χ0v) is 9.93. The first-order valence-corrected chi connectivity index (χ1v) is 5.31. The average molecular weight is 234 g/mol. The summed E-state index contributed by atoms with van der Waals surface area (Å²) < 4.78 is 0. The lowest BCUT2D eigenvalue weighted by Crippen LogP contribution is -2.28. The van der Waals surface area contributed by atoms with Crippen LogP contribution < -0.4 is 10.6 Å². The molecule has 0 spiro atoms. The number of benzene rings is 1. The second kappa shape index (κ2) is 6.02. The van der Waals surface area contributed by atoms with E-state index >= 15 is 0 Å². The molecule has 0 radical (unpaired) electrons. The van der Waals surface area contributed by atoms with E-state index in [9.17, 15) is 4.79 Å². The minimum absolute atomic E-state index is 0.00891. The summed E-state index contributed by atoms with van der Waals surface area (Å²) in [7, 11) is 0. The van der Waals surface area contributed by atoms with Gasteiger partial charge >= 0.3 is 0 Å². The van der Waals surface area contributed by atoms with Crippen LogP contribution in [0.3, 0.4) is 0 Å². The Kier molecular flexibility index (Phi) is 4.66. The number of rotatable bonds is 4. The van der Waals surface area contributed by atoms with Crippen molar-refractivity contribution < 1.29 is 4.79 Å². The first-order chi connectivity index (χ1) is 7.65. The molecule has 0 fully saturated rings. The molecule has 0 saturated heterocycles. The van der Waals surface area contributed by atoms with Gasteiger partial charge in [-0.05, 0) is 31.3 Å². The van der Waals surface area contributed by atoms with Crippen LogP contribution in [0.2, 0.25) is 0 Å². The average Bonchev–Trinajstić information content (AvgIpc) is 2.27. The Hall–Kier alpha value is -1.68. The zero-order valence-electron chi connectivity index (χ0n) is 9.12. The lowest BCUT2D eigenvalue weighted by molar-refractivity contribution is 0.101. The predicted octanol–water partition coefficient (Wildman–Crippen LogP) is 2.36. The third-order valence-electron chi connectivity index (χ3n) is 1.96. The first kappa shape index (κ1) is 12.4. The Morgan fingerprint density at radius 1 is 1.50 bits per heavy atom. The van der Waals surface area contributed by atoms with Crippen LogP contribution in [-0.2, 0) is 0 Å². The van der Waals surface area contributed by atoms with E-state index in [0.29, 0.717) is 17.2 Å². The lowest BCUT2D eigenvalue weighted by Gasteiger charge is -2.11. The topological polar surface area (TPSA) is 41.1 Å². The maximum absolute atomic E-state index is 11.3. The van der Waals surface area contributed by atoms with Gasteiger partial charge in [0.15, 0.2) is 10.9 Å². The molecule has 0 aliphatic carbocycles. The third-order valence-corrected chi connectivity index (χ3v) is 2.21. The molecule has 0 bridgehead atoms. The van der Waals surface area contributed by atoms with Gasteiger partial charge in [0.1, 0.15) is 0 Å². The van der Waals surface area contributed by atoms with Crippen molar-refractivity contribution in [3.05, 3.63) is 42.5 Å². The van der Waals surface area contributed by atoms with E-state index in [1.807, 2.05) is 18.2 Å². The Labute approximate surface area is 101 Å². The minimum atomic E-state index is 0.00891. The fourth-order valence-electron chi connectivity index (χ4n) is 1.23. The van der Waals surface area contributed by atoms with Crippen LogP contribution >= 0.6 is 12.2 Å². The van der Waals surface area contributed by atoms with E-state index in [2.05, 4.69) is 17.2 Å². The normalized spacial score (nSPS) is 9.31. The smallest absolute Gasteiger partial charge is 0.171 e. The number of thiocarbonyl (C=S) groups is 1. The van der Waals surface area contributed by atoms with Crippen molar-refractivity contribution in [1.29, 1.82) is 0 Å². The minimum Gasteiger partial charge on any atom is -0.359 e. The molecule has 0 amide bonds. The monoisotopic (exact) mass is 234 g/mol. The molecule has 1 rings (SSSR count). The Morgan fingerprint density at radius 2 is 2.19 bits per heavy atom. The van der Waals surface area contributed by atoms with Crippen molar-refractivity contribution in [3.63, 3.8) is 0 Å². The van der Waals surface area contributed by atoms with Crippen LogP contribution in [-0.4, -0.2) is 17.4 Å². The number of hydrogen-bond acceptors (Lipinski definition) is 2. The standard InChI is InChI=1S/C12H14N2OS/c1-3-8-13-12(16)14-11-7-5-4-6-10(11)9(2)15/h3-7H,1,8H2,2H3,(H2,13,14,16). The number of anilines is 1. The van der Waals surface area contributed by atoms with E-state index in [-0.39, 0.29) is 5.78 Å². The fourth-order valence-corrected chi connectivity index (χ4v) is 1.42. The highest BCUT2D eigenvalue weighted by molar-refractivity contribution is 7.80. The van der Waals surface area contributed by atoms with Gasteiger partial charge in [0.25, 0.3) is 0 Å². The van der Waals surface area contributed by atoms with Crippen LogP contribution in [0.5, 0.6) is 0 Å². The van der Waals surface area contributed by atoms with Gasteiger partial charge in [-0.2, -0.15) is 0 Å². The van der Waals surface area contributed by atoms with Crippen LogP contribution in [0.15, 0.2) is 36.9 Å². The molecule has 0 saturated carbocycles. The van der Waals surface area contributed by atoms with Crippen molar-refractivity contribution in [2.75, 3.05) is 11.9 Å². The largest absolute Gasteiger partial charge is 0.359 e. The van der Waals surface area contributed by atoms with Crippen molar-refractivity contribution in [3.8, 4) is 0 Å².